The number of nitrogens with zero attached hydrogens (tertiary/aromatic N) is 1. The predicted molar refractivity (Wildman–Crippen MR) is 83.8 cm³/mol. The van der Waals surface area contributed by atoms with Gasteiger partial charge in [-0.1, -0.05) is 6.07 Å². The van der Waals surface area contributed by atoms with Crippen molar-refractivity contribution in [1.29, 1.82) is 0 Å². The first-order valence-electron chi connectivity index (χ1n) is 6.87. The van der Waals surface area contributed by atoms with Gasteiger partial charge < -0.3 is 11.1 Å². The van der Waals surface area contributed by atoms with Gasteiger partial charge >= 0.3 is 0 Å². The van der Waals surface area contributed by atoms with E-state index in [4.69, 9.17) is 5.73 Å². The maximum Gasteiger partial charge on any atom is 0.241 e. The first-order valence-corrected chi connectivity index (χ1v) is 8.69. The van der Waals surface area contributed by atoms with Crippen LogP contribution >= 0.6 is 0 Å². The number of nitrogens with two attached hydrogens (primary N) is 1. The molecule has 1 aromatic carbocycles. The highest BCUT2D eigenvalue weighted by atomic mass is 32.2. The maximum atomic E-state index is 12.2. The lowest BCUT2D eigenvalue weighted by Crippen LogP contribution is -2.45. The molecule has 2 unspecified atom stereocenters. The summed E-state index contributed by atoms with van der Waals surface area (Å²) < 4.78 is 23.1. The molecule has 3 N–H and O–H groups in total. The summed E-state index contributed by atoms with van der Waals surface area (Å²) in [6, 6.07) is 6.45. The van der Waals surface area contributed by atoms with Crippen LogP contribution in [-0.4, -0.2) is 49.9 Å². The van der Waals surface area contributed by atoms with Crippen molar-refractivity contribution in [2.75, 3.05) is 29.6 Å². The fourth-order valence-corrected chi connectivity index (χ4v) is 4.25. The van der Waals surface area contributed by atoms with Gasteiger partial charge in [0, 0.05) is 17.4 Å². The van der Waals surface area contributed by atoms with E-state index in [0.717, 1.165) is 0 Å². The molecule has 7 heteroatoms. The Bertz CT molecular complexity index is 630. The quantitative estimate of drug-likeness (QED) is 0.799. The van der Waals surface area contributed by atoms with Crippen molar-refractivity contribution in [1.82, 2.24) is 4.90 Å². The SMILES string of the molecule is CC(C(=O)Nc1cccc(N)c1)N(C)C1CCS(=O)(=O)C1. The van der Waals surface area contributed by atoms with Gasteiger partial charge in [0.1, 0.15) is 0 Å². The number of nitrogen functional groups attached to an aromatic ring is 1. The number of anilines is 2. The zero-order valence-corrected chi connectivity index (χ0v) is 13.1. The summed E-state index contributed by atoms with van der Waals surface area (Å²) in [6.07, 6.45) is 0.578. The van der Waals surface area contributed by atoms with Gasteiger partial charge in [0.15, 0.2) is 9.84 Å². The highest BCUT2D eigenvalue weighted by Crippen LogP contribution is 2.19. The molecule has 21 heavy (non-hydrogen) atoms. The monoisotopic (exact) mass is 311 g/mol. The second kappa shape index (κ2) is 6.03. The lowest BCUT2D eigenvalue weighted by Gasteiger charge is -2.28. The molecule has 2 rings (SSSR count). The van der Waals surface area contributed by atoms with Crippen molar-refractivity contribution >= 4 is 27.1 Å². The second-order valence-electron chi connectivity index (χ2n) is 5.51. The van der Waals surface area contributed by atoms with Crippen LogP contribution in [0.1, 0.15) is 13.3 Å². The molecule has 1 amide bonds. The zero-order chi connectivity index (χ0) is 15.6. The van der Waals surface area contributed by atoms with Crippen molar-refractivity contribution in [2.24, 2.45) is 0 Å². The minimum absolute atomic E-state index is 0.100. The van der Waals surface area contributed by atoms with Crippen LogP contribution in [0.5, 0.6) is 0 Å². The molecule has 0 radical (unpaired) electrons. The average Bonchev–Trinajstić information content (AvgIpc) is 2.77. The van der Waals surface area contributed by atoms with Gasteiger partial charge in [-0.25, -0.2) is 8.42 Å². The molecule has 2 atom stereocenters. The molecule has 1 saturated heterocycles. The summed E-state index contributed by atoms with van der Waals surface area (Å²) in [5, 5.41) is 2.80. The maximum absolute atomic E-state index is 12.2. The molecular formula is C14H21N3O3S. The Kier molecular flexibility index (Phi) is 4.53. The topological polar surface area (TPSA) is 92.5 Å². The summed E-state index contributed by atoms with van der Waals surface area (Å²) in [4.78, 5) is 14.1. The Labute approximate surface area is 125 Å². The zero-order valence-electron chi connectivity index (χ0n) is 12.2. The third kappa shape index (κ3) is 3.95. The molecule has 1 fully saturated rings. The van der Waals surface area contributed by atoms with E-state index in [1.807, 2.05) is 4.90 Å². The predicted octanol–water partition coefficient (Wildman–Crippen LogP) is 0.715. The molecular weight excluding hydrogens is 290 g/mol. The molecule has 0 aliphatic carbocycles. The van der Waals surface area contributed by atoms with Crippen molar-refractivity contribution in [3.63, 3.8) is 0 Å². The molecule has 6 nitrogen and oxygen atoms in total. The lowest BCUT2D eigenvalue weighted by atomic mass is 10.1. The van der Waals surface area contributed by atoms with Gasteiger partial charge in [-0.3, -0.25) is 9.69 Å². The highest BCUT2D eigenvalue weighted by Gasteiger charge is 2.34. The van der Waals surface area contributed by atoms with E-state index in [1.165, 1.54) is 0 Å². The molecule has 0 spiro atoms. The Morgan fingerprint density at radius 3 is 2.76 bits per heavy atom. The van der Waals surface area contributed by atoms with E-state index < -0.39 is 15.9 Å². The third-order valence-corrected chi connectivity index (χ3v) is 5.68. The summed E-state index contributed by atoms with van der Waals surface area (Å²) in [5.74, 6) is 0.151. The number of benzene rings is 1. The Balaban J connectivity index is 1.99. The molecule has 0 aromatic heterocycles. The number of carbonyl (C=O) groups is 1. The largest absolute Gasteiger partial charge is 0.399 e. The van der Waals surface area contributed by atoms with E-state index in [0.29, 0.717) is 17.8 Å². The van der Waals surface area contributed by atoms with E-state index in [-0.39, 0.29) is 23.5 Å². The van der Waals surface area contributed by atoms with Crippen LogP contribution in [0.3, 0.4) is 0 Å². The van der Waals surface area contributed by atoms with Crippen LogP contribution in [-0.2, 0) is 14.6 Å². The number of carbonyl (C=O) groups excluding carboxylic acids is 1. The van der Waals surface area contributed by atoms with Crippen molar-refractivity contribution in [2.45, 2.75) is 25.4 Å². The Hall–Kier alpha value is -1.60. The Morgan fingerprint density at radius 1 is 1.48 bits per heavy atom. The number of hydrogen-bond donors (Lipinski definition) is 2. The minimum Gasteiger partial charge on any atom is -0.399 e. The second-order valence-corrected chi connectivity index (χ2v) is 7.74. The normalized spacial score (nSPS) is 22.1. The van der Waals surface area contributed by atoms with Crippen LogP contribution in [0.25, 0.3) is 0 Å². The van der Waals surface area contributed by atoms with Gasteiger partial charge in [0.25, 0.3) is 0 Å². The van der Waals surface area contributed by atoms with Gasteiger partial charge in [-0.15, -0.1) is 0 Å². The molecule has 1 heterocycles. The van der Waals surface area contributed by atoms with Crippen molar-refractivity contribution in [3.8, 4) is 0 Å². The van der Waals surface area contributed by atoms with Crippen LogP contribution in [0, 0.1) is 0 Å². The van der Waals surface area contributed by atoms with E-state index >= 15 is 0 Å². The first-order chi connectivity index (χ1) is 9.78. The van der Waals surface area contributed by atoms with E-state index in [9.17, 15) is 13.2 Å². The van der Waals surface area contributed by atoms with Gasteiger partial charge in [0.05, 0.1) is 17.5 Å². The molecule has 116 valence electrons. The molecule has 1 aliphatic heterocycles. The first kappa shape index (κ1) is 15.8. The van der Waals surface area contributed by atoms with E-state index in [1.54, 1.807) is 38.2 Å². The highest BCUT2D eigenvalue weighted by molar-refractivity contribution is 7.91. The van der Waals surface area contributed by atoms with Gasteiger partial charge in [-0.05, 0) is 38.6 Å². The minimum atomic E-state index is -2.95. The van der Waals surface area contributed by atoms with Gasteiger partial charge in [0.2, 0.25) is 5.91 Å². The summed E-state index contributed by atoms with van der Waals surface area (Å²) in [6.45, 7) is 1.77. The van der Waals surface area contributed by atoms with Gasteiger partial charge in [-0.2, -0.15) is 0 Å². The number of rotatable bonds is 4. The van der Waals surface area contributed by atoms with Crippen molar-refractivity contribution < 1.29 is 13.2 Å². The van der Waals surface area contributed by atoms with Crippen molar-refractivity contribution in [3.05, 3.63) is 24.3 Å². The third-order valence-electron chi connectivity index (χ3n) is 3.93. The standard InChI is InChI=1S/C14H21N3O3S/c1-10(17(2)13-6-7-21(19,20)9-13)14(18)16-12-5-3-4-11(15)8-12/h3-5,8,10,13H,6-7,9,15H2,1-2H3,(H,16,18). The van der Waals surface area contributed by atoms with Crippen LogP contribution in [0.15, 0.2) is 24.3 Å². The van der Waals surface area contributed by atoms with Crippen LogP contribution < -0.4 is 11.1 Å². The lowest BCUT2D eigenvalue weighted by molar-refractivity contribution is -0.120. The molecule has 1 aliphatic rings. The number of sulfone groups is 1. The number of nitrogens with one attached hydrogen (secondary N) is 1. The fraction of sp³-hybridized carbons (Fsp3) is 0.500. The summed E-state index contributed by atoms with van der Waals surface area (Å²) in [7, 11) is -1.17. The molecule has 0 bridgehead atoms. The number of amides is 1. The molecule has 1 aromatic rings. The number of likely N-dealkylation sites (N-methyl/N-ethyl adjacent to an activating group) is 1. The Morgan fingerprint density at radius 2 is 2.19 bits per heavy atom. The average molecular weight is 311 g/mol. The smallest absolute Gasteiger partial charge is 0.241 e. The van der Waals surface area contributed by atoms with Crippen LogP contribution in [0.2, 0.25) is 0 Å². The summed E-state index contributed by atoms with van der Waals surface area (Å²) >= 11 is 0. The molecule has 0 saturated carbocycles. The van der Waals surface area contributed by atoms with Crippen LogP contribution in [0.4, 0.5) is 11.4 Å². The number of hydrogen-bond acceptors (Lipinski definition) is 5. The fourth-order valence-electron chi connectivity index (χ4n) is 2.46. The summed E-state index contributed by atoms with van der Waals surface area (Å²) in [5.41, 5.74) is 6.89. The van der Waals surface area contributed by atoms with E-state index in [2.05, 4.69) is 5.32 Å².